The van der Waals surface area contributed by atoms with Gasteiger partial charge in [0.25, 0.3) is 0 Å². The number of carbonyl (C=O) groups excluding carboxylic acids is 1. The van der Waals surface area contributed by atoms with Crippen LogP contribution >= 0.6 is 0 Å². The summed E-state index contributed by atoms with van der Waals surface area (Å²) in [5.74, 6) is -0.0117. The van der Waals surface area contributed by atoms with Crippen LogP contribution in [0.25, 0.3) is 0 Å². The largest absolute Gasteiger partial charge is 0.312 e. The Bertz CT molecular complexity index is 1090. The van der Waals surface area contributed by atoms with E-state index < -0.39 is 10.0 Å². The highest BCUT2D eigenvalue weighted by Crippen LogP contribution is 2.33. The fourth-order valence-electron chi connectivity index (χ4n) is 5.35. The van der Waals surface area contributed by atoms with Crippen LogP contribution in [-0.4, -0.2) is 55.0 Å². The quantitative estimate of drug-likeness (QED) is 0.710. The number of hydrogen-bond donors (Lipinski definition) is 0. The lowest BCUT2D eigenvalue weighted by Crippen LogP contribution is -2.46. The topological polar surface area (TPSA) is 60.9 Å². The molecule has 1 amide bonds. The molecule has 0 aromatic heterocycles. The van der Waals surface area contributed by atoms with Gasteiger partial charge in [-0.15, -0.1) is 0 Å². The lowest BCUT2D eigenvalue weighted by Gasteiger charge is -2.32. The first-order valence-electron chi connectivity index (χ1n) is 11.3. The number of hydrogen-bond acceptors (Lipinski definition) is 4. The van der Waals surface area contributed by atoms with Crippen molar-refractivity contribution in [1.29, 1.82) is 0 Å². The van der Waals surface area contributed by atoms with Gasteiger partial charge in [0.2, 0.25) is 15.9 Å². The summed E-state index contributed by atoms with van der Waals surface area (Å²) in [6.07, 6.45) is 3.66. The Kier molecular flexibility index (Phi) is 6.70. The molecule has 0 radical (unpaired) electrons. The van der Waals surface area contributed by atoms with Crippen LogP contribution in [-0.2, 0) is 27.9 Å². The highest BCUT2D eigenvalue weighted by molar-refractivity contribution is 7.88. The summed E-state index contributed by atoms with van der Waals surface area (Å²) in [4.78, 5) is 16.7. The average Bonchev–Trinajstić information content (AvgIpc) is 3.10. The fourth-order valence-corrected chi connectivity index (χ4v) is 6.81. The Balaban J connectivity index is 1.75. The van der Waals surface area contributed by atoms with Gasteiger partial charge in [-0.2, -0.15) is 4.31 Å². The molecule has 6 nitrogen and oxygen atoms in total. The van der Waals surface area contributed by atoms with E-state index in [0.29, 0.717) is 26.1 Å². The number of sulfonamides is 1. The first-order chi connectivity index (χ1) is 15.2. The monoisotopic (exact) mass is 455 g/mol. The van der Waals surface area contributed by atoms with Gasteiger partial charge in [0.15, 0.2) is 0 Å². The number of carbonyl (C=O) groups is 1. The van der Waals surface area contributed by atoms with E-state index in [-0.39, 0.29) is 18.0 Å². The highest BCUT2D eigenvalue weighted by atomic mass is 32.2. The molecule has 0 N–H and O–H groups in total. The van der Waals surface area contributed by atoms with E-state index in [4.69, 9.17) is 0 Å². The smallest absolute Gasteiger partial charge is 0.223 e. The zero-order valence-corrected chi connectivity index (χ0v) is 20.0. The first kappa shape index (κ1) is 23.0. The van der Waals surface area contributed by atoms with Crippen molar-refractivity contribution in [3.8, 4) is 0 Å². The third-order valence-electron chi connectivity index (χ3n) is 6.64. The van der Waals surface area contributed by atoms with Gasteiger partial charge >= 0.3 is 0 Å². The van der Waals surface area contributed by atoms with Crippen LogP contribution in [0.4, 0.5) is 5.69 Å². The van der Waals surface area contributed by atoms with Crippen LogP contribution in [0.3, 0.4) is 0 Å². The van der Waals surface area contributed by atoms with Gasteiger partial charge in [0.1, 0.15) is 0 Å². The fraction of sp³-hybridized carbons (Fsp3) is 0.480. The molecule has 4 rings (SSSR count). The Morgan fingerprint density at radius 1 is 1.03 bits per heavy atom. The summed E-state index contributed by atoms with van der Waals surface area (Å²) in [5, 5.41) is 0. The number of benzene rings is 2. The van der Waals surface area contributed by atoms with E-state index in [1.54, 1.807) is 11.2 Å². The van der Waals surface area contributed by atoms with E-state index in [9.17, 15) is 13.2 Å². The second kappa shape index (κ2) is 9.33. The van der Waals surface area contributed by atoms with E-state index in [0.717, 1.165) is 30.6 Å². The Labute approximate surface area is 191 Å². The molecule has 2 aromatic carbocycles. The first-order valence-corrected chi connectivity index (χ1v) is 13.2. The second-order valence-electron chi connectivity index (χ2n) is 9.22. The molecule has 7 heteroatoms. The van der Waals surface area contributed by atoms with Gasteiger partial charge in [-0.1, -0.05) is 48.0 Å². The molecule has 0 aliphatic carbocycles. The predicted molar refractivity (Wildman–Crippen MR) is 128 cm³/mol. The number of para-hydroxylation sites is 1. The number of nitrogens with zero attached hydrogens (tertiary/aromatic N) is 3. The summed E-state index contributed by atoms with van der Waals surface area (Å²) in [6, 6.07) is 16.4. The lowest BCUT2D eigenvalue weighted by molar-refractivity contribution is -0.116. The van der Waals surface area contributed by atoms with E-state index in [1.807, 2.05) is 23.1 Å². The van der Waals surface area contributed by atoms with Crippen molar-refractivity contribution >= 4 is 21.6 Å². The zero-order valence-electron chi connectivity index (χ0n) is 19.2. The van der Waals surface area contributed by atoms with E-state index >= 15 is 0 Å². The van der Waals surface area contributed by atoms with Gasteiger partial charge in [0, 0.05) is 50.9 Å². The Morgan fingerprint density at radius 2 is 1.78 bits per heavy atom. The summed E-state index contributed by atoms with van der Waals surface area (Å²) in [6.45, 7) is 6.26. The van der Waals surface area contributed by atoms with Gasteiger partial charge in [0.05, 0.1) is 6.26 Å². The third kappa shape index (κ3) is 5.05. The van der Waals surface area contributed by atoms with E-state index in [1.165, 1.54) is 17.4 Å². The molecule has 0 spiro atoms. The number of anilines is 1. The standard InChI is InChI=1S/C25H33N3O3S/c1-19-7-6-8-21(15-19)16-26-17-22-9-4-5-10-25(22)27(20(2)29)14-13-23-11-12-24(18-26)28(23)32(3,30)31/h4-10,15,23-24H,11-14,16-18H2,1-3H3/t23-,24+/m1/s1. The molecule has 0 saturated carbocycles. The SMILES string of the molecule is CC(=O)N1CC[C@H]2CC[C@@H](CN(Cc3cccc(C)c3)Cc3ccccc31)N2S(C)(=O)=O. The van der Waals surface area contributed by atoms with Crippen LogP contribution in [0.2, 0.25) is 0 Å². The normalized spacial score (nSPS) is 22.9. The maximum atomic E-state index is 12.8. The Hall–Kier alpha value is -2.22. The minimum absolute atomic E-state index is 0.0117. The molecule has 2 heterocycles. The Morgan fingerprint density at radius 3 is 2.50 bits per heavy atom. The molecule has 2 bridgehead atoms. The molecule has 1 saturated heterocycles. The molecule has 2 aromatic rings. The lowest BCUT2D eigenvalue weighted by atomic mass is 10.1. The van der Waals surface area contributed by atoms with Crippen molar-refractivity contribution in [1.82, 2.24) is 9.21 Å². The van der Waals surface area contributed by atoms with Crippen molar-refractivity contribution in [2.75, 3.05) is 24.2 Å². The van der Waals surface area contributed by atoms with Crippen LogP contribution in [0.15, 0.2) is 48.5 Å². The summed E-state index contributed by atoms with van der Waals surface area (Å²) in [7, 11) is -3.35. The average molecular weight is 456 g/mol. The maximum Gasteiger partial charge on any atom is 0.223 e. The third-order valence-corrected chi connectivity index (χ3v) is 8.00. The highest BCUT2D eigenvalue weighted by Gasteiger charge is 2.40. The number of fused-ring (bicyclic) bond motifs is 3. The molecule has 172 valence electrons. The van der Waals surface area contributed by atoms with Crippen LogP contribution < -0.4 is 4.90 Å². The molecular formula is C25H33N3O3S. The van der Waals surface area contributed by atoms with Gasteiger partial charge in [-0.25, -0.2) is 8.42 Å². The van der Waals surface area contributed by atoms with Crippen LogP contribution in [0, 0.1) is 6.92 Å². The molecule has 1 fully saturated rings. The second-order valence-corrected chi connectivity index (χ2v) is 11.1. The van der Waals surface area contributed by atoms with Gasteiger partial charge < -0.3 is 4.90 Å². The number of amides is 1. The van der Waals surface area contributed by atoms with Crippen molar-refractivity contribution in [3.63, 3.8) is 0 Å². The minimum Gasteiger partial charge on any atom is -0.312 e. The summed E-state index contributed by atoms with van der Waals surface area (Å²) in [5.41, 5.74) is 4.44. The van der Waals surface area contributed by atoms with Crippen molar-refractivity contribution in [2.45, 2.75) is 58.3 Å². The number of rotatable bonds is 3. The molecule has 32 heavy (non-hydrogen) atoms. The predicted octanol–water partition coefficient (Wildman–Crippen LogP) is 3.55. The van der Waals surface area contributed by atoms with Crippen LogP contribution in [0.1, 0.15) is 42.9 Å². The van der Waals surface area contributed by atoms with Crippen molar-refractivity contribution in [2.24, 2.45) is 0 Å². The molecule has 2 atom stereocenters. The molecule has 0 unspecified atom stereocenters. The van der Waals surface area contributed by atoms with Gasteiger partial charge in [-0.05, 0) is 43.4 Å². The van der Waals surface area contributed by atoms with E-state index in [2.05, 4.69) is 42.2 Å². The zero-order chi connectivity index (χ0) is 22.9. The van der Waals surface area contributed by atoms with Crippen molar-refractivity contribution < 1.29 is 13.2 Å². The number of aryl methyl sites for hydroxylation is 1. The molecule has 2 aliphatic rings. The van der Waals surface area contributed by atoms with Crippen LogP contribution in [0.5, 0.6) is 0 Å². The maximum absolute atomic E-state index is 12.8. The van der Waals surface area contributed by atoms with Crippen molar-refractivity contribution in [3.05, 3.63) is 65.2 Å². The summed E-state index contributed by atoms with van der Waals surface area (Å²) >= 11 is 0. The summed E-state index contributed by atoms with van der Waals surface area (Å²) < 4.78 is 27.3. The molecular weight excluding hydrogens is 422 g/mol. The minimum atomic E-state index is -3.35. The molecule has 2 aliphatic heterocycles. The van der Waals surface area contributed by atoms with Gasteiger partial charge in [-0.3, -0.25) is 9.69 Å².